The molecule has 0 heterocycles. The molecule has 128 valence electrons. The van der Waals surface area contributed by atoms with Crippen molar-refractivity contribution in [2.75, 3.05) is 84.6 Å². The lowest BCUT2D eigenvalue weighted by atomic mass is 10.8. The van der Waals surface area contributed by atoms with Crippen LogP contribution in [0.3, 0.4) is 0 Å². The quantitative estimate of drug-likeness (QED) is 0.387. The Morgan fingerprint density at radius 2 is 0.500 bits per heavy atom. The number of nitrogens with zero attached hydrogens (tertiary/aromatic N) is 3. The molecule has 0 aromatic carbocycles. The lowest BCUT2D eigenvalue weighted by molar-refractivity contribution is -0.849. The van der Waals surface area contributed by atoms with Crippen LogP contribution in [0.5, 0.6) is 0 Å². The predicted molar refractivity (Wildman–Crippen MR) is 79.5 cm³/mol. The van der Waals surface area contributed by atoms with Crippen LogP contribution < -0.4 is 14.7 Å². The first kappa shape index (κ1) is 28.2. The molecule has 0 aliphatic carbocycles. The number of rotatable bonds is 0. The summed E-state index contributed by atoms with van der Waals surface area (Å²) in [7, 11) is 20.1. The van der Waals surface area contributed by atoms with Gasteiger partial charge in [0.25, 0.3) is 0 Å². The summed E-state index contributed by atoms with van der Waals surface area (Å²) in [6.07, 6.45) is 0. The van der Waals surface area contributed by atoms with E-state index in [0.29, 0.717) is 0 Å². The molecule has 0 atom stereocenters. The average molecular weight is 317 g/mol. The molecule has 0 aromatic heterocycles. The first-order valence-corrected chi connectivity index (χ1v) is 7.56. The Morgan fingerprint density at radius 3 is 0.500 bits per heavy atom. The zero-order valence-electron chi connectivity index (χ0n) is 15.4. The predicted octanol–water partition coefficient (Wildman–Crippen LogP) is -1.86. The molecule has 0 radical (unpaired) electrons. The van der Waals surface area contributed by atoms with Gasteiger partial charge in [0.15, 0.2) is 0 Å². The van der Waals surface area contributed by atoms with E-state index in [1.54, 1.807) is 0 Å². The van der Waals surface area contributed by atoms with Gasteiger partial charge in [0.2, 0.25) is 0 Å². The molecular formula is C12H36N3O4P. The molecule has 0 aliphatic heterocycles. The minimum Gasteiger partial charge on any atom is -0.822 e. The Hall–Kier alpha value is -0.0100. The highest BCUT2D eigenvalue weighted by Gasteiger charge is 1.89. The van der Waals surface area contributed by atoms with E-state index >= 15 is 0 Å². The van der Waals surface area contributed by atoms with E-state index in [1.165, 1.54) is 0 Å². The van der Waals surface area contributed by atoms with Crippen LogP contribution in [-0.4, -0.2) is 98.0 Å². The highest BCUT2D eigenvalue weighted by Crippen LogP contribution is 2.03. The largest absolute Gasteiger partial charge is 0.822 e. The van der Waals surface area contributed by atoms with E-state index in [0.717, 1.165) is 13.4 Å². The smallest absolute Gasteiger partial charge is 0.0675 e. The third-order valence-corrected chi connectivity index (χ3v) is 0. The van der Waals surface area contributed by atoms with Gasteiger partial charge in [0.1, 0.15) is 0 Å². The number of hydrogen-bond acceptors (Lipinski definition) is 4. The van der Waals surface area contributed by atoms with Gasteiger partial charge >= 0.3 is 0 Å². The molecular weight excluding hydrogens is 281 g/mol. The van der Waals surface area contributed by atoms with E-state index in [4.69, 9.17) is 19.2 Å². The van der Waals surface area contributed by atoms with Crippen molar-refractivity contribution in [1.29, 1.82) is 0 Å². The molecule has 0 saturated carbocycles. The molecule has 0 amide bonds. The van der Waals surface area contributed by atoms with Crippen molar-refractivity contribution < 1.29 is 32.7 Å². The zero-order chi connectivity index (χ0) is 18.0. The highest BCUT2D eigenvalue weighted by molar-refractivity contribution is 7.40. The maximum Gasteiger partial charge on any atom is 0.0675 e. The van der Waals surface area contributed by atoms with E-state index in [-0.39, 0.29) is 0 Å². The summed E-state index contributed by atoms with van der Waals surface area (Å²) in [5.74, 6) is 0. The Morgan fingerprint density at radius 1 is 0.500 bits per heavy atom. The highest BCUT2D eigenvalue weighted by atomic mass is 31.2. The molecule has 0 fully saturated rings. The maximum atomic E-state index is 8.55. The van der Waals surface area contributed by atoms with Crippen LogP contribution >= 0.6 is 7.82 Å². The Balaban J connectivity index is -0.0000000853. The van der Waals surface area contributed by atoms with Gasteiger partial charge in [-0.2, -0.15) is 7.82 Å². The van der Waals surface area contributed by atoms with E-state index in [9.17, 15) is 0 Å². The first-order chi connectivity index (χ1) is 8.00. The molecule has 8 heteroatoms. The van der Waals surface area contributed by atoms with Crippen molar-refractivity contribution in [2.24, 2.45) is 0 Å². The van der Waals surface area contributed by atoms with E-state index < -0.39 is 7.82 Å². The van der Waals surface area contributed by atoms with Gasteiger partial charge < -0.3 is 32.7 Å². The van der Waals surface area contributed by atoms with Crippen LogP contribution in [0.4, 0.5) is 0 Å². The van der Waals surface area contributed by atoms with E-state index in [1.807, 2.05) is 0 Å². The maximum absolute atomic E-state index is 8.55. The minimum atomic E-state index is -5.39. The summed E-state index contributed by atoms with van der Waals surface area (Å²) in [6, 6.07) is 0. The minimum absolute atomic E-state index is 1.00. The standard InChI is InChI=1S/3C4H12N.H3O4P/c4*1-5(2,3)4/h3*1-4H3;(H3,1,2,3,4)/q3*+1;/p-3. The van der Waals surface area contributed by atoms with Crippen molar-refractivity contribution in [3.63, 3.8) is 0 Å². The Bertz CT molecular complexity index is 205. The third kappa shape index (κ3) is 51900000. The van der Waals surface area contributed by atoms with Gasteiger partial charge in [-0.05, 0) is 0 Å². The number of hydrogen-bond donors (Lipinski definition) is 0. The summed E-state index contributed by atoms with van der Waals surface area (Å²) in [5, 5.41) is 0. The fraction of sp³-hybridized carbons (Fsp3) is 1.00. The van der Waals surface area contributed by atoms with E-state index in [2.05, 4.69) is 84.6 Å². The summed E-state index contributed by atoms with van der Waals surface area (Å²) < 4.78 is 11.5. The van der Waals surface area contributed by atoms with Gasteiger partial charge in [0, 0.05) is 0 Å². The zero-order valence-corrected chi connectivity index (χ0v) is 16.3. The lowest BCUT2D eigenvalue weighted by Crippen LogP contribution is -2.27. The van der Waals surface area contributed by atoms with Crippen molar-refractivity contribution in [2.45, 2.75) is 0 Å². The Kier molecular flexibility index (Phi) is 15.1. The van der Waals surface area contributed by atoms with Crippen LogP contribution in [0.25, 0.3) is 0 Å². The van der Waals surface area contributed by atoms with Crippen molar-refractivity contribution in [1.82, 2.24) is 0 Å². The lowest BCUT2D eigenvalue weighted by Gasteiger charge is -2.36. The second-order valence-corrected chi connectivity index (χ2v) is 9.39. The second-order valence-electron chi connectivity index (χ2n) is 8.50. The topological polar surface area (TPSA) is 86.2 Å². The van der Waals surface area contributed by atoms with Crippen LogP contribution in [-0.2, 0) is 4.57 Å². The molecule has 0 spiro atoms. The monoisotopic (exact) mass is 317 g/mol. The average Bonchev–Trinajstić information content (AvgIpc) is 1.62. The van der Waals surface area contributed by atoms with Crippen LogP contribution in [0, 0.1) is 0 Å². The van der Waals surface area contributed by atoms with Gasteiger partial charge in [-0.3, -0.25) is 0 Å². The molecule has 0 saturated heterocycles. The molecule has 0 rings (SSSR count). The van der Waals surface area contributed by atoms with Crippen LogP contribution in [0.1, 0.15) is 0 Å². The summed E-state index contributed by atoms with van der Waals surface area (Å²) in [5.41, 5.74) is 0. The first-order valence-electron chi connectivity index (χ1n) is 6.10. The van der Waals surface area contributed by atoms with Gasteiger partial charge in [-0.15, -0.1) is 0 Å². The molecule has 0 aromatic rings. The van der Waals surface area contributed by atoms with Gasteiger partial charge in [0.05, 0.1) is 84.6 Å². The SMILES string of the molecule is C[N+](C)(C)C.C[N+](C)(C)C.C[N+](C)(C)C.O=P([O-])([O-])[O-]. The van der Waals surface area contributed by atoms with Crippen LogP contribution in [0.2, 0.25) is 0 Å². The fourth-order valence-corrected chi connectivity index (χ4v) is 0. The fourth-order valence-electron chi connectivity index (χ4n) is 0. The molecule has 0 aliphatic rings. The summed E-state index contributed by atoms with van der Waals surface area (Å²) in [6.45, 7) is 0. The van der Waals surface area contributed by atoms with Crippen molar-refractivity contribution in [3.8, 4) is 0 Å². The normalized spacial score (nSPS) is 11.9. The third-order valence-electron chi connectivity index (χ3n) is 0. The summed E-state index contributed by atoms with van der Waals surface area (Å²) >= 11 is 0. The molecule has 0 bridgehead atoms. The molecule has 0 unspecified atom stereocenters. The molecule has 7 nitrogen and oxygen atoms in total. The van der Waals surface area contributed by atoms with Crippen molar-refractivity contribution >= 4 is 7.82 Å². The summed E-state index contributed by atoms with van der Waals surface area (Å²) in [4.78, 5) is 25.6. The van der Waals surface area contributed by atoms with Crippen molar-refractivity contribution in [3.05, 3.63) is 0 Å². The van der Waals surface area contributed by atoms with Gasteiger partial charge in [-0.1, -0.05) is 0 Å². The number of phosphoric acid groups is 1. The van der Waals surface area contributed by atoms with Gasteiger partial charge in [-0.25, -0.2) is 0 Å². The second kappa shape index (κ2) is 10.7. The van der Waals surface area contributed by atoms with Crippen LogP contribution in [0.15, 0.2) is 0 Å². The molecule has 20 heavy (non-hydrogen) atoms. The number of quaternary nitrogens is 3. The molecule has 0 N–H and O–H groups in total. The Labute approximate surface area is 126 Å².